The van der Waals surface area contributed by atoms with E-state index >= 15 is 0 Å². The third kappa shape index (κ3) is 3.15. The number of halogens is 1. The van der Waals surface area contributed by atoms with Crippen LogP contribution in [0.5, 0.6) is 0 Å². The number of nitrogens with zero attached hydrogens (tertiary/aromatic N) is 3. The molecule has 2 unspecified atom stereocenters. The van der Waals surface area contributed by atoms with E-state index in [0.717, 1.165) is 22.5 Å². The number of hydrogen-bond donors (Lipinski definition) is 2. The van der Waals surface area contributed by atoms with Gasteiger partial charge in [0.25, 0.3) is 0 Å². The fourth-order valence-corrected chi connectivity index (χ4v) is 5.50. The summed E-state index contributed by atoms with van der Waals surface area (Å²) in [6.07, 6.45) is 5.26. The van der Waals surface area contributed by atoms with Crippen LogP contribution in [0, 0.1) is 10.8 Å². The van der Waals surface area contributed by atoms with E-state index in [0.29, 0.717) is 28.4 Å². The number of fused-ring (bicyclic) bond motifs is 2. The van der Waals surface area contributed by atoms with Gasteiger partial charge in [-0.25, -0.2) is 9.97 Å². The van der Waals surface area contributed by atoms with Gasteiger partial charge in [0.1, 0.15) is 12.0 Å². The molecule has 2 aliphatic rings. The second-order valence-electron chi connectivity index (χ2n) is 8.91. The maximum absolute atomic E-state index is 6.51. The zero-order valence-electron chi connectivity index (χ0n) is 15.6. The van der Waals surface area contributed by atoms with Crippen molar-refractivity contribution in [1.82, 2.24) is 9.97 Å². The fourth-order valence-electron chi connectivity index (χ4n) is 5.11. The van der Waals surface area contributed by atoms with Crippen molar-refractivity contribution < 1.29 is 0 Å². The second kappa shape index (κ2) is 6.12. The predicted molar refractivity (Wildman–Crippen MR) is 111 cm³/mol. The highest BCUT2D eigenvalue weighted by Gasteiger charge is 2.50. The molecular weight excluding hydrogens is 390 g/mol. The number of anilines is 4. The Hall–Kier alpha value is -1.82. The SMILES string of the molecule is CC1(C)CC2CC(C)(CN2c2ncnc(Nc3ccccc3Br)c2N)C1. The molecule has 3 N–H and O–H groups in total. The molecule has 1 aromatic carbocycles. The monoisotopic (exact) mass is 415 g/mol. The molecule has 0 amide bonds. The fraction of sp³-hybridized carbons (Fsp3) is 0.500. The minimum atomic E-state index is 0.333. The Morgan fingerprint density at radius 2 is 1.96 bits per heavy atom. The molecule has 2 bridgehead atoms. The molecule has 0 radical (unpaired) electrons. The molecule has 5 nitrogen and oxygen atoms in total. The Morgan fingerprint density at radius 1 is 1.19 bits per heavy atom. The van der Waals surface area contributed by atoms with Crippen molar-refractivity contribution in [1.29, 1.82) is 0 Å². The molecule has 1 saturated carbocycles. The zero-order chi connectivity index (χ0) is 18.5. The van der Waals surface area contributed by atoms with E-state index in [9.17, 15) is 0 Å². The highest BCUT2D eigenvalue weighted by atomic mass is 79.9. The lowest BCUT2D eigenvalue weighted by Gasteiger charge is -2.39. The average molecular weight is 416 g/mol. The van der Waals surface area contributed by atoms with Gasteiger partial charge in [0.15, 0.2) is 11.6 Å². The van der Waals surface area contributed by atoms with E-state index in [4.69, 9.17) is 5.73 Å². The van der Waals surface area contributed by atoms with Crippen LogP contribution in [0.4, 0.5) is 23.0 Å². The highest BCUT2D eigenvalue weighted by Crippen LogP contribution is 2.54. The van der Waals surface area contributed by atoms with Crippen molar-refractivity contribution >= 4 is 38.9 Å². The first-order valence-electron chi connectivity index (χ1n) is 9.15. The van der Waals surface area contributed by atoms with Crippen molar-refractivity contribution in [3.63, 3.8) is 0 Å². The van der Waals surface area contributed by atoms with Crippen molar-refractivity contribution in [2.75, 3.05) is 22.5 Å². The van der Waals surface area contributed by atoms with Gasteiger partial charge >= 0.3 is 0 Å². The zero-order valence-corrected chi connectivity index (χ0v) is 17.2. The normalized spacial score (nSPS) is 26.8. The van der Waals surface area contributed by atoms with E-state index in [-0.39, 0.29) is 0 Å². The smallest absolute Gasteiger partial charge is 0.159 e. The van der Waals surface area contributed by atoms with Gasteiger partial charge < -0.3 is 16.0 Å². The van der Waals surface area contributed by atoms with Crippen LogP contribution in [-0.2, 0) is 0 Å². The van der Waals surface area contributed by atoms with Gasteiger partial charge in [0.2, 0.25) is 0 Å². The van der Waals surface area contributed by atoms with Crippen LogP contribution in [-0.4, -0.2) is 22.6 Å². The molecule has 1 aliphatic carbocycles. The van der Waals surface area contributed by atoms with Gasteiger partial charge in [-0.1, -0.05) is 32.9 Å². The minimum Gasteiger partial charge on any atom is -0.393 e. The predicted octanol–water partition coefficient (Wildman–Crippen LogP) is 4.97. The third-order valence-electron chi connectivity index (χ3n) is 5.68. The topological polar surface area (TPSA) is 67.1 Å². The minimum absolute atomic E-state index is 0.333. The lowest BCUT2D eigenvalue weighted by atomic mass is 9.65. The van der Waals surface area contributed by atoms with Gasteiger partial charge in [-0.15, -0.1) is 0 Å². The number of rotatable bonds is 3. The summed E-state index contributed by atoms with van der Waals surface area (Å²) >= 11 is 3.56. The van der Waals surface area contributed by atoms with Crippen LogP contribution in [0.2, 0.25) is 0 Å². The lowest BCUT2D eigenvalue weighted by molar-refractivity contribution is 0.136. The standard InChI is InChI=1S/C20H26BrN5/c1-19(2)8-13-9-20(3,10-19)11-26(13)18-16(22)17(23-12-24-18)25-15-7-5-4-6-14(15)21/h4-7,12-13H,8-11,22H2,1-3H3,(H,23,24,25). The number of para-hydroxylation sites is 1. The van der Waals surface area contributed by atoms with Gasteiger partial charge in [-0.3, -0.25) is 0 Å². The van der Waals surface area contributed by atoms with Gasteiger partial charge in [0, 0.05) is 17.1 Å². The Morgan fingerprint density at radius 3 is 2.73 bits per heavy atom. The number of nitrogen functional groups attached to an aromatic ring is 1. The first-order chi connectivity index (χ1) is 12.3. The molecular formula is C20H26BrN5. The molecule has 6 heteroatoms. The molecule has 1 aromatic heterocycles. The summed E-state index contributed by atoms with van der Waals surface area (Å²) in [4.78, 5) is 11.4. The van der Waals surface area contributed by atoms with Crippen LogP contribution < -0.4 is 16.0 Å². The van der Waals surface area contributed by atoms with E-state index in [1.54, 1.807) is 6.33 Å². The molecule has 138 valence electrons. The molecule has 2 atom stereocenters. The Balaban J connectivity index is 1.66. The highest BCUT2D eigenvalue weighted by molar-refractivity contribution is 9.10. The van der Waals surface area contributed by atoms with Crippen molar-refractivity contribution in [3.05, 3.63) is 35.1 Å². The quantitative estimate of drug-likeness (QED) is 0.740. The summed E-state index contributed by atoms with van der Waals surface area (Å²) in [7, 11) is 0. The molecule has 2 aromatic rings. The van der Waals surface area contributed by atoms with Crippen molar-refractivity contribution in [3.8, 4) is 0 Å². The molecule has 0 spiro atoms. The maximum atomic E-state index is 6.51. The molecule has 4 rings (SSSR count). The average Bonchev–Trinajstić information content (AvgIpc) is 2.80. The van der Waals surface area contributed by atoms with Crippen LogP contribution in [0.15, 0.2) is 35.1 Å². The molecule has 2 fully saturated rings. The number of nitrogens with one attached hydrogen (secondary N) is 1. The van der Waals surface area contributed by atoms with E-state index in [2.05, 4.69) is 56.9 Å². The molecule has 26 heavy (non-hydrogen) atoms. The van der Waals surface area contributed by atoms with E-state index in [1.807, 2.05) is 24.3 Å². The Bertz CT molecular complexity index is 837. The Labute approximate surface area is 163 Å². The first kappa shape index (κ1) is 17.6. The number of nitrogens with two attached hydrogens (primary N) is 1. The summed E-state index contributed by atoms with van der Waals surface area (Å²) in [6, 6.07) is 8.46. The van der Waals surface area contributed by atoms with E-state index < -0.39 is 0 Å². The number of benzene rings is 1. The third-order valence-corrected chi connectivity index (χ3v) is 6.37. The summed E-state index contributed by atoms with van der Waals surface area (Å²) in [5.74, 6) is 1.52. The molecule has 1 saturated heterocycles. The van der Waals surface area contributed by atoms with Crippen LogP contribution in [0.1, 0.15) is 40.0 Å². The van der Waals surface area contributed by atoms with Gasteiger partial charge in [-0.05, 0) is 58.2 Å². The summed E-state index contributed by atoms with van der Waals surface area (Å²) in [5, 5.41) is 3.34. The lowest BCUT2D eigenvalue weighted by Crippen LogP contribution is -2.35. The van der Waals surface area contributed by atoms with Gasteiger partial charge in [-0.2, -0.15) is 0 Å². The van der Waals surface area contributed by atoms with E-state index in [1.165, 1.54) is 19.3 Å². The maximum Gasteiger partial charge on any atom is 0.159 e. The molecule has 2 heterocycles. The summed E-state index contributed by atoms with van der Waals surface area (Å²) in [6.45, 7) is 8.17. The summed E-state index contributed by atoms with van der Waals surface area (Å²) < 4.78 is 0.978. The Kier molecular flexibility index (Phi) is 4.14. The first-order valence-corrected chi connectivity index (χ1v) is 9.94. The number of hydrogen-bond acceptors (Lipinski definition) is 5. The van der Waals surface area contributed by atoms with Crippen molar-refractivity contribution in [2.24, 2.45) is 10.8 Å². The van der Waals surface area contributed by atoms with Crippen molar-refractivity contribution in [2.45, 2.75) is 46.1 Å². The van der Waals surface area contributed by atoms with Crippen LogP contribution in [0.25, 0.3) is 0 Å². The largest absolute Gasteiger partial charge is 0.393 e. The summed E-state index contributed by atoms with van der Waals surface area (Å²) in [5.41, 5.74) is 8.77. The second-order valence-corrected chi connectivity index (χ2v) is 9.76. The number of aromatic nitrogens is 2. The molecule has 1 aliphatic heterocycles. The van der Waals surface area contributed by atoms with Crippen LogP contribution >= 0.6 is 15.9 Å². The van der Waals surface area contributed by atoms with Gasteiger partial charge in [0.05, 0.1) is 5.69 Å². The van der Waals surface area contributed by atoms with Crippen LogP contribution in [0.3, 0.4) is 0 Å².